The Morgan fingerprint density at radius 1 is 1.60 bits per heavy atom. The van der Waals surface area contributed by atoms with Gasteiger partial charge in [-0.05, 0) is 6.92 Å². The summed E-state index contributed by atoms with van der Waals surface area (Å²) in [5.41, 5.74) is 0.883. The molecular formula is C12H13ClFN2O3P. The average Bonchev–Trinajstić information content (AvgIpc) is 2.70. The summed E-state index contributed by atoms with van der Waals surface area (Å²) in [6, 6.07) is 1.47. The smallest absolute Gasteiger partial charge is 0.311 e. The zero-order chi connectivity index (χ0) is 14.7. The lowest BCUT2D eigenvalue weighted by Gasteiger charge is -2.08. The lowest BCUT2D eigenvalue weighted by Crippen LogP contribution is -2.07. The highest BCUT2D eigenvalue weighted by Gasteiger charge is 2.14. The second-order valence-electron chi connectivity index (χ2n) is 3.94. The fourth-order valence-corrected chi connectivity index (χ4v) is 2.09. The normalized spacial score (nSPS) is 12.4. The third-order valence-corrected chi connectivity index (χ3v) is 2.75. The van der Waals surface area contributed by atoms with Crippen LogP contribution in [0.5, 0.6) is 5.75 Å². The molecule has 0 radical (unpaired) electrons. The minimum Gasteiger partial charge on any atom is -0.466 e. The van der Waals surface area contributed by atoms with Gasteiger partial charge in [0.15, 0.2) is 11.4 Å². The second-order valence-corrected chi connectivity index (χ2v) is 4.90. The average molecular weight is 319 g/mol. The molecule has 2 heterocycles. The minimum absolute atomic E-state index is 0.0342. The highest BCUT2D eigenvalue weighted by molar-refractivity contribution is 7.16. The molecule has 0 aliphatic rings. The van der Waals surface area contributed by atoms with Crippen LogP contribution in [0.1, 0.15) is 12.6 Å². The largest absolute Gasteiger partial charge is 0.466 e. The Morgan fingerprint density at radius 3 is 3.00 bits per heavy atom. The first-order chi connectivity index (χ1) is 9.49. The van der Waals surface area contributed by atoms with Gasteiger partial charge in [-0.3, -0.25) is 4.79 Å². The molecule has 0 aliphatic heterocycles. The quantitative estimate of drug-likeness (QED) is 0.628. The van der Waals surface area contributed by atoms with E-state index in [4.69, 9.17) is 21.1 Å². The number of imidazole rings is 1. The van der Waals surface area contributed by atoms with E-state index in [2.05, 4.69) is 4.98 Å². The zero-order valence-electron chi connectivity index (χ0n) is 10.7. The van der Waals surface area contributed by atoms with E-state index in [1.807, 2.05) is 9.24 Å². The van der Waals surface area contributed by atoms with Crippen LogP contribution >= 0.6 is 20.8 Å². The molecule has 0 saturated carbocycles. The first-order valence-electron chi connectivity index (χ1n) is 5.88. The van der Waals surface area contributed by atoms with Gasteiger partial charge in [0.1, 0.15) is 0 Å². The maximum atomic E-state index is 13.0. The SMILES string of the molecule is CCOC(=O)Cc1cn2cc(Cl)cc(OC(F)P)c2n1. The number of hydrogen-bond acceptors (Lipinski definition) is 4. The van der Waals surface area contributed by atoms with Crippen molar-refractivity contribution in [3.05, 3.63) is 29.2 Å². The summed E-state index contributed by atoms with van der Waals surface area (Å²) >= 11 is 5.92. The molecule has 0 spiro atoms. The molecule has 2 aromatic heterocycles. The Kier molecular flexibility index (Phi) is 4.78. The van der Waals surface area contributed by atoms with Crippen LogP contribution in [0.2, 0.25) is 5.02 Å². The van der Waals surface area contributed by atoms with Gasteiger partial charge < -0.3 is 13.9 Å². The zero-order valence-corrected chi connectivity index (χ0v) is 12.6. The molecule has 0 saturated heterocycles. The molecule has 0 N–H and O–H groups in total. The van der Waals surface area contributed by atoms with E-state index in [1.54, 1.807) is 23.7 Å². The molecule has 2 rings (SSSR count). The number of halogens is 2. The molecule has 2 atom stereocenters. The monoisotopic (exact) mass is 318 g/mol. The summed E-state index contributed by atoms with van der Waals surface area (Å²) in [4.78, 5) is 15.7. The summed E-state index contributed by atoms with van der Waals surface area (Å²) in [6.45, 7) is 2.04. The van der Waals surface area contributed by atoms with Gasteiger partial charge in [0.05, 0.1) is 23.7 Å². The number of fused-ring (bicyclic) bond motifs is 1. The van der Waals surface area contributed by atoms with Crippen molar-refractivity contribution in [3.63, 3.8) is 0 Å². The van der Waals surface area contributed by atoms with Gasteiger partial charge in [-0.1, -0.05) is 20.8 Å². The standard InChI is InChI=1S/C12H13ClFN2O3P/c1-2-18-10(17)4-8-6-16-5-7(13)3-9(11(16)15-8)19-12(14)20/h3,5-6,12H,2,4,20H2,1H3. The summed E-state index contributed by atoms with van der Waals surface area (Å²) in [5.74, 6) is -0.172. The van der Waals surface area contributed by atoms with Crippen LogP contribution < -0.4 is 4.74 Å². The van der Waals surface area contributed by atoms with E-state index in [0.717, 1.165) is 0 Å². The highest BCUT2D eigenvalue weighted by Crippen LogP contribution is 2.26. The molecule has 0 amide bonds. The van der Waals surface area contributed by atoms with Gasteiger partial charge in [0, 0.05) is 18.5 Å². The number of alkyl halides is 1. The van der Waals surface area contributed by atoms with Crippen LogP contribution in [-0.2, 0) is 16.0 Å². The number of hydrogen-bond donors (Lipinski definition) is 0. The Balaban J connectivity index is 2.34. The summed E-state index contributed by atoms with van der Waals surface area (Å²) in [6.07, 6.45) is 1.69. The Hall–Kier alpha value is -1.39. The molecule has 5 nitrogen and oxygen atoms in total. The number of pyridine rings is 1. The number of nitrogens with zero attached hydrogens (tertiary/aromatic N) is 2. The number of rotatable bonds is 5. The van der Waals surface area contributed by atoms with E-state index in [9.17, 15) is 9.18 Å². The number of carbonyl (C=O) groups excluding carboxylic acids is 1. The van der Waals surface area contributed by atoms with Crippen molar-refractivity contribution >= 4 is 32.5 Å². The molecule has 2 unspecified atom stereocenters. The van der Waals surface area contributed by atoms with Crippen molar-refractivity contribution in [2.75, 3.05) is 6.61 Å². The molecule has 0 bridgehead atoms. The molecule has 20 heavy (non-hydrogen) atoms. The van der Waals surface area contributed by atoms with Crippen LogP contribution in [0.3, 0.4) is 0 Å². The molecule has 0 aliphatic carbocycles. The van der Waals surface area contributed by atoms with E-state index in [-0.39, 0.29) is 18.1 Å². The van der Waals surface area contributed by atoms with Gasteiger partial charge in [-0.2, -0.15) is 4.39 Å². The van der Waals surface area contributed by atoms with E-state index < -0.39 is 6.10 Å². The van der Waals surface area contributed by atoms with Gasteiger partial charge in [0.25, 0.3) is 0 Å². The lowest BCUT2D eigenvalue weighted by molar-refractivity contribution is -0.142. The van der Waals surface area contributed by atoms with Crippen LogP contribution in [0.25, 0.3) is 5.65 Å². The van der Waals surface area contributed by atoms with Gasteiger partial charge in [-0.25, -0.2) is 4.98 Å². The topological polar surface area (TPSA) is 52.8 Å². The molecule has 108 valence electrons. The predicted molar refractivity (Wildman–Crippen MR) is 75.8 cm³/mol. The predicted octanol–water partition coefficient (Wildman–Crippen LogP) is 2.60. The molecule has 8 heteroatoms. The summed E-state index contributed by atoms with van der Waals surface area (Å²) < 4.78 is 24.4. The van der Waals surface area contributed by atoms with Crippen LogP contribution in [0.4, 0.5) is 4.39 Å². The summed E-state index contributed by atoms with van der Waals surface area (Å²) in [5, 5.41) is 0.373. The van der Waals surface area contributed by atoms with Crippen molar-refractivity contribution in [2.45, 2.75) is 19.4 Å². The Labute approximate surface area is 122 Å². The highest BCUT2D eigenvalue weighted by atomic mass is 35.5. The van der Waals surface area contributed by atoms with Crippen molar-refractivity contribution in [2.24, 2.45) is 0 Å². The van der Waals surface area contributed by atoms with E-state index in [1.165, 1.54) is 6.07 Å². The van der Waals surface area contributed by atoms with Crippen LogP contribution in [0, 0.1) is 0 Å². The Bertz CT molecular complexity index is 632. The third kappa shape index (κ3) is 3.58. The fourth-order valence-electron chi connectivity index (χ4n) is 1.74. The first kappa shape index (κ1) is 15.0. The van der Waals surface area contributed by atoms with Crippen molar-refractivity contribution in [1.82, 2.24) is 9.38 Å². The first-order valence-corrected chi connectivity index (χ1v) is 6.93. The second kappa shape index (κ2) is 6.37. The van der Waals surface area contributed by atoms with Crippen LogP contribution in [-0.4, -0.2) is 28.1 Å². The van der Waals surface area contributed by atoms with Gasteiger partial charge >= 0.3 is 5.97 Å². The molecule has 0 fully saturated rings. The van der Waals surface area contributed by atoms with Crippen LogP contribution in [0.15, 0.2) is 18.5 Å². The van der Waals surface area contributed by atoms with E-state index in [0.29, 0.717) is 23.0 Å². The number of aromatic nitrogens is 2. The maximum absolute atomic E-state index is 13.0. The lowest BCUT2D eigenvalue weighted by atomic mass is 10.3. The Morgan fingerprint density at radius 2 is 2.35 bits per heavy atom. The number of esters is 1. The van der Waals surface area contributed by atoms with Crippen molar-refractivity contribution in [1.29, 1.82) is 0 Å². The maximum Gasteiger partial charge on any atom is 0.311 e. The van der Waals surface area contributed by atoms with E-state index >= 15 is 0 Å². The van der Waals surface area contributed by atoms with Gasteiger partial charge in [0.2, 0.25) is 6.10 Å². The van der Waals surface area contributed by atoms with Gasteiger partial charge in [-0.15, -0.1) is 0 Å². The van der Waals surface area contributed by atoms with Crippen molar-refractivity contribution in [3.8, 4) is 5.75 Å². The molecule has 0 aromatic carbocycles. The fraction of sp³-hybridized carbons (Fsp3) is 0.333. The summed E-state index contributed by atoms with van der Waals surface area (Å²) in [7, 11) is 1.88. The number of ether oxygens (including phenoxy) is 2. The molecule has 2 aromatic rings. The van der Waals surface area contributed by atoms with Crippen molar-refractivity contribution < 1.29 is 18.7 Å². The minimum atomic E-state index is -1.57. The molecular weight excluding hydrogens is 306 g/mol. The third-order valence-electron chi connectivity index (χ3n) is 2.40. The number of carbonyl (C=O) groups is 1.